The smallest absolute Gasteiger partial charge is 0.235 e. The SMILES string of the molecule is CS(=O)(=O)N(CCc1ccccc1)CC(=O)NCCCO. The van der Waals surface area contributed by atoms with E-state index in [0.717, 1.165) is 16.1 Å². The summed E-state index contributed by atoms with van der Waals surface area (Å²) in [5.41, 5.74) is 1.02. The van der Waals surface area contributed by atoms with E-state index in [2.05, 4.69) is 5.32 Å². The predicted octanol–water partition coefficient (Wildman–Crippen LogP) is -0.0107. The molecule has 0 radical (unpaired) electrons. The number of hydrogen-bond acceptors (Lipinski definition) is 4. The van der Waals surface area contributed by atoms with Crippen molar-refractivity contribution in [1.29, 1.82) is 0 Å². The molecule has 0 aliphatic rings. The molecule has 118 valence electrons. The van der Waals surface area contributed by atoms with Crippen LogP contribution in [0.25, 0.3) is 0 Å². The summed E-state index contributed by atoms with van der Waals surface area (Å²) in [4.78, 5) is 11.7. The van der Waals surface area contributed by atoms with E-state index in [4.69, 9.17) is 5.11 Å². The van der Waals surface area contributed by atoms with Gasteiger partial charge in [-0.1, -0.05) is 30.3 Å². The Morgan fingerprint density at radius 1 is 1.29 bits per heavy atom. The Balaban J connectivity index is 2.55. The van der Waals surface area contributed by atoms with Crippen LogP contribution < -0.4 is 5.32 Å². The van der Waals surface area contributed by atoms with Crippen molar-refractivity contribution in [3.05, 3.63) is 35.9 Å². The number of hydrogen-bond donors (Lipinski definition) is 2. The summed E-state index contributed by atoms with van der Waals surface area (Å²) in [6.45, 7) is 0.392. The molecule has 7 heteroatoms. The van der Waals surface area contributed by atoms with Crippen LogP contribution >= 0.6 is 0 Å². The van der Waals surface area contributed by atoms with Gasteiger partial charge in [0.2, 0.25) is 15.9 Å². The van der Waals surface area contributed by atoms with Crippen molar-refractivity contribution in [3.63, 3.8) is 0 Å². The largest absolute Gasteiger partial charge is 0.396 e. The van der Waals surface area contributed by atoms with Crippen LogP contribution in [0.5, 0.6) is 0 Å². The molecule has 0 saturated heterocycles. The van der Waals surface area contributed by atoms with Crippen LogP contribution in [0.3, 0.4) is 0 Å². The molecular weight excluding hydrogens is 292 g/mol. The lowest BCUT2D eigenvalue weighted by Gasteiger charge is -2.19. The van der Waals surface area contributed by atoms with Crippen LogP contribution in [-0.4, -0.2) is 56.2 Å². The molecule has 1 aromatic rings. The van der Waals surface area contributed by atoms with Crippen LogP contribution in [0.1, 0.15) is 12.0 Å². The Bertz CT molecular complexity index is 531. The summed E-state index contributed by atoms with van der Waals surface area (Å²) < 4.78 is 24.6. The third kappa shape index (κ3) is 7.22. The fourth-order valence-electron chi connectivity index (χ4n) is 1.78. The van der Waals surface area contributed by atoms with Crippen molar-refractivity contribution >= 4 is 15.9 Å². The molecule has 0 unspecified atom stereocenters. The van der Waals surface area contributed by atoms with Crippen molar-refractivity contribution in [2.24, 2.45) is 0 Å². The van der Waals surface area contributed by atoms with Gasteiger partial charge in [0.1, 0.15) is 0 Å². The quantitative estimate of drug-likeness (QED) is 0.628. The molecule has 0 aromatic heterocycles. The van der Waals surface area contributed by atoms with E-state index >= 15 is 0 Å². The van der Waals surface area contributed by atoms with Gasteiger partial charge in [-0.15, -0.1) is 0 Å². The molecule has 0 atom stereocenters. The molecule has 0 aliphatic heterocycles. The predicted molar refractivity (Wildman–Crippen MR) is 81.3 cm³/mol. The van der Waals surface area contributed by atoms with Gasteiger partial charge in [-0.05, 0) is 18.4 Å². The minimum absolute atomic E-state index is 0.00984. The zero-order valence-electron chi connectivity index (χ0n) is 12.2. The minimum Gasteiger partial charge on any atom is -0.396 e. The van der Waals surface area contributed by atoms with Gasteiger partial charge in [-0.3, -0.25) is 4.79 Å². The average Bonchev–Trinajstić information content (AvgIpc) is 2.43. The van der Waals surface area contributed by atoms with Crippen LogP contribution in [0.2, 0.25) is 0 Å². The first kappa shape index (κ1) is 17.6. The summed E-state index contributed by atoms with van der Waals surface area (Å²) in [5, 5.41) is 11.2. The van der Waals surface area contributed by atoms with Crippen molar-refractivity contribution in [3.8, 4) is 0 Å². The van der Waals surface area contributed by atoms with Gasteiger partial charge in [-0.25, -0.2) is 8.42 Å². The summed E-state index contributed by atoms with van der Waals surface area (Å²) in [6, 6.07) is 9.51. The third-order valence-electron chi connectivity index (χ3n) is 2.94. The zero-order chi connectivity index (χ0) is 15.7. The van der Waals surface area contributed by atoms with Gasteiger partial charge in [-0.2, -0.15) is 4.31 Å². The molecule has 0 heterocycles. The fourth-order valence-corrected chi connectivity index (χ4v) is 2.56. The van der Waals surface area contributed by atoms with Crippen LogP contribution in [0, 0.1) is 0 Å². The van der Waals surface area contributed by atoms with Crippen molar-refractivity contribution < 1.29 is 18.3 Å². The second kappa shape index (κ2) is 8.76. The van der Waals surface area contributed by atoms with Crippen molar-refractivity contribution in [2.75, 3.05) is 32.5 Å². The highest BCUT2D eigenvalue weighted by Crippen LogP contribution is 2.04. The highest BCUT2D eigenvalue weighted by molar-refractivity contribution is 7.88. The Morgan fingerprint density at radius 3 is 2.52 bits per heavy atom. The lowest BCUT2D eigenvalue weighted by atomic mass is 10.1. The van der Waals surface area contributed by atoms with Gasteiger partial charge in [0, 0.05) is 19.7 Å². The Morgan fingerprint density at radius 2 is 1.95 bits per heavy atom. The highest BCUT2D eigenvalue weighted by atomic mass is 32.2. The van der Waals surface area contributed by atoms with Gasteiger partial charge in [0.15, 0.2) is 0 Å². The van der Waals surface area contributed by atoms with E-state index in [9.17, 15) is 13.2 Å². The van der Waals surface area contributed by atoms with Crippen LogP contribution in [-0.2, 0) is 21.2 Å². The monoisotopic (exact) mass is 314 g/mol. The molecule has 1 rings (SSSR count). The summed E-state index contributed by atoms with van der Waals surface area (Å²) in [6.07, 6.45) is 2.10. The first-order valence-corrected chi connectivity index (χ1v) is 8.65. The van der Waals surface area contributed by atoms with Crippen LogP contribution in [0.15, 0.2) is 30.3 Å². The molecule has 21 heavy (non-hydrogen) atoms. The number of benzene rings is 1. The number of rotatable bonds is 9. The second-order valence-electron chi connectivity index (χ2n) is 4.76. The maximum atomic E-state index is 11.7. The summed E-state index contributed by atoms with van der Waals surface area (Å²) in [5.74, 6) is -0.359. The molecule has 6 nitrogen and oxygen atoms in total. The maximum Gasteiger partial charge on any atom is 0.235 e. The number of amides is 1. The number of aliphatic hydroxyl groups excluding tert-OH is 1. The molecule has 0 fully saturated rings. The first-order chi connectivity index (χ1) is 9.93. The third-order valence-corrected chi connectivity index (χ3v) is 4.19. The number of carbonyl (C=O) groups is 1. The maximum absolute atomic E-state index is 11.7. The highest BCUT2D eigenvalue weighted by Gasteiger charge is 2.19. The molecular formula is C14H22N2O4S. The van der Waals surface area contributed by atoms with Gasteiger partial charge < -0.3 is 10.4 Å². The number of nitrogens with one attached hydrogen (secondary N) is 1. The molecule has 0 bridgehead atoms. The Kier molecular flexibility index (Phi) is 7.35. The summed E-state index contributed by atoms with van der Waals surface area (Å²) in [7, 11) is -3.44. The van der Waals surface area contributed by atoms with E-state index in [1.165, 1.54) is 0 Å². The molecule has 1 amide bonds. The van der Waals surface area contributed by atoms with E-state index in [1.54, 1.807) is 0 Å². The van der Waals surface area contributed by atoms with E-state index in [-0.39, 0.29) is 25.6 Å². The topological polar surface area (TPSA) is 86.7 Å². The molecule has 0 saturated carbocycles. The number of carbonyl (C=O) groups excluding carboxylic acids is 1. The van der Waals surface area contributed by atoms with Gasteiger partial charge >= 0.3 is 0 Å². The Labute approximate surface area is 125 Å². The van der Waals surface area contributed by atoms with Crippen molar-refractivity contribution in [2.45, 2.75) is 12.8 Å². The lowest BCUT2D eigenvalue weighted by molar-refractivity contribution is -0.121. The number of nitrogens with zero attached hydrogens (tertiary/aromatic N) is 1. The van der Waals surface area contributed by atoms with Gasteiger partial charge in [0.25, 0.3) is 0 Å². The average molecular weight is 314 g/mol. The molecule has 0 aliphatic carbocycles. The number of aliphatic hydroxyl groups is 1. The first-order valence-electron chi connectivity index (χ1n) is 6.80. The standard InChI is InChI=1S/C14H22N2O4S/c1-21(19,20)16(12-14(18)15-9-5-11-17)10-8-13-6-3-2-4-7-13/h2-4,6-7,17H,5,8-12H2,1H3,(H,15,18). The fraction of sp³-hybridized carbons (Fsp3) is 0.500. The Hall–Kier alpha value is -1.44. The van der Waals surface area contributed by atoms with E-state index in [0.29, 0.717) is 19.4 Å². The van der Waals surface area contributed by atoms with Gasteiger partial charge in [0.05, 0.1) is 12.8 Å². The van der Waals surface area contributed by atoms with E-state index in [1.807, 2.05) is 30.3 Å². The van der Waals surface area contributed by atoms with Crippen LogP contribution in [0.4, 0.5) is 0 Å². The van der Waals surface area contributed by atoms with E-state index < -0.39 is 10.0 Å². The molecule has 0 spiro atoms. The molecule has 2 N–H and O–H groups in total. The minimum atomic E-state index is -3.44. The lowest BCUT2D eigenvalue weighted by Crippen LogP contribution is -2.41. The normalized spacial score (nSPS) is 11.6. The van der Waals surface area contributed by atoms with Crippen molar-refractivity contribution in [1.82, 2.24) is 9.62 Å². The zero-order valence-corrected chi connectivity index (χ0v) is 13.0. The second-order valence-corrected chi connectivity index (χ2v) is 6.74. The molecule has 1 aromatic carbocycles. The summed E-state index contributed by atoms with van der Waals surface area (Å²) >= 11 is 0. The number of sulfonamides is 1.